The van der Waals surface area contributed by atoms with E-state index in [-0.39, 0.29) is 34.5 Å². The van der Waals surface area contributed by atoms with Gasteiger partial charge in [-0.3, -0.25) is 4.79 Å². The Labute approximate surface area is 221 Å². The fourth-order valence-electron chi connectivity index (χ4n) is 6.21. The maximum absolute atomic E-state index is 13.6. The molecule has 1 heterocycles. The standard InChI is InChI=1S/C28H28F6N4O/c1-38-23(20-7-2-3-8-21(20)28(32,33)34)36-37-24(38)26-12-9-25(10-13-26,11-14-26)17-35-22(39)16-18-5-4-6-19(15-18)27(29,30)31/h2-8,15H,9-14,16-17H2,1H3,(H,35,39). The first-order valence-electron chi connectivity index (χ1n) is 12.8. The smallest absolute Gasteiger partial charge is 0.355 e. The molecule has 0 radical (unpaired) electrons. The van der Waals surface area contributed by atoms with Crippen molar-refractivity contribution in [1.82, 2.24) is 20.1 Å². The van der Waals surface area contributed by atoms with Gasteiger partial charge in [0.25, 0.3) is 0 Å². The summed E-state index contributed by atoms with van der Waals surface area (Å²) < 4.78 is 81.4. The number of carbonyl (C=O) groups excluding carboxylic acids is 1. The summed E-state index contributed by atoms with van der Waals surface area (Å²) in [6, 6.07) is 10.1. The first-order valence-corrected chi connectivity index (χ1v) is 12.8. The highest BCUT2D eigenvalue weighted by Gasteiger charge is 2.51. The van der Waals surface area contributed by atoms with E-state index in [1.165, 1.54) is 24.3 Å². The van der Waals surface area contributed by atoms with Crippen LogP contribution in [0, 0.1) is 5.41 Å². The van der Waals surface area contributed by atoms with E-state index in [0.29, 0.717) is 17.9 Å². The summed E-state index contributed by atoms with van der Waals surface area (Å²) in [6.45, 7) is 0.434. The molecule has 39 heavy (non-hydrogen) atoms. The summed E-state index contributed by atoms with van der Waals surface area (Å²) in [5.74, 6) is 0.528. The third-order valence-corrected chi connectivity index (χ3v) is 8.50. The van der Waals surface area contributed by atoms with Crippen molar-refractivity contribution < 1.29 is 31.1 Å². The number of benzene rings is 2. The van der Waals surface area contributed by atoms with Gasteiger partial charge in [0.2, 0.25) is 5.91 Å². The van der Waals surface area contributed by atoms with Crippen LogP contribution in [0.1, 0.15) is 61.0 Å². The molecule has 3 saturated carbocycles. The highest BCUT2D eigenvalue weighted by Crippen LogP contribution is 2.57. The van der Waals surface area contributed by atoms with Gasteiger partial charge in [-0.2, -0.15) is 26.3 Å². The monoisotopic (exact) mass is 550 g/mol. The second-order valence-electron chi connectivity index (χ2n) is 10.9. The van der Waals surface area contributed by atoms with Crippen LogP contribution in [-0.2, 0) is 36.0 Å². The molecule has 0 spiro atoms. The molecule has 0 aliphatic heterocycles. The summed E-state index contributed by atoms with van der Waals surface area (Å²) in [6.07, 6.45) is -4.40. The molecule has 0 unspecified atom stereocenters. The Balaban J connectivity index is 1.25. The fourth-order valence-corrected chi connectivity index (χ4v) is 6.21. The van der Waals surface area contributed by atoms with Crippen LogP contribution < -0.4 is 5.32 Å². The topological polar surface area (TPSA) is 59.8 Å². The zero-order chi connectivity index (χ0) is 28.1. The number of carbonyl (C=O) groups is 1. The molecule has 208 valence electrons. The van der Waals surface area contributed by atoms with E-state index < -0.39 is 23.5 Å². The van der Waals surface area contributed by atoms with Crippen molar-refractivity contribution in [2.75, 3.05) is 6.54 Å². The molecule has 0 saturated heterocycles. The highest BCUT2D eigenvalue weighted by atomic mass is 19.4. The molecule has 3 aliphatic carbocycles. The summed E-state index contributed by atoms with van der Waals surface area (Å²) in [5, 5.41) is 11.5. The normalized spacial score (nSPS) is 23.2. The van der Waals surface area contributed by atoms with Crippen LogP contribution in [0.3, 0.4) is 0 Å². The third kappa shape index (κ3) is 5.27. The first kappa shape index (κ1) is 27.2. The zero-order valence-electron chi connectivity index (χ0n) is 21.3. The molecule has 0 atom stereocenters. The van der Waals surface area contributed by atoms with Crippen LogP contribution in [0.25, 0.3) is 11.4 Å². The van der Waals surface area contributed by atoms with Gasteiger partial charge < -0.3 is 9.88 Å². The van der Waals surface area contributed by atoms with Crippen molar-refractivity contribution in [3.05, 3.63) is 71.0 Å². The maximum atomic E-state index is 13.6. The van der Waals surface area contributed by atoms with Gasteiger partial charge in [0.1, 0.15) is 5.82 Å². The number of halogens is 6. The molecule has 1 aromatic heterocycles. The zero-order valence-corrected chi connectivity index (χ0v) is 21.3. The molecule has 11 heteroatoms. The van der Waals surface area contributed by atoms with Gasteiger partial charge in [0, 0.05) is 24.6 Å². The van der Waals surface area contributed by atoms with Crippen LogP contribution in [0.15, 0.2) is 48.5 Å². The molecule has 1 N–H and O–H groups in total. The van der Waals surface area contributed by atoms with Crippen molar-refractivity contribution in [1.29, 1.82) is 0 Å². The van der Waals surface area contributed by atoms with Gasteiger partial charge in [-0.1, -0.05) is 36.4 Å². The van der Waals surface area contributed by atoms with Crippen molar-refractivity contribution in [3.63, 3.8) is 0 Å². The van der Waals surface area contributed by atoms with Crippen LogP contribution >= 0.6 is 0 Å². The largest absolute Gasteiger partial charge is 0.417 e. The summed E-state index contributed by atoms with van der Waals surface area (Å²) in [4.78, 5) is 12.6. The first-order chi connectivity index (χ1) is 18.3. The number of nitrogens with one attached hydrogen (secondary N) is 1. The summed E-state index contributed by atoms with van der Waals surface area (Å²) in [7, 11) is 1.71. The molecule has 5 nitrogen and oxygen atoms in total. The van der Waals surface area contributed by atoms with Crippen LogP contribution in [0.5, 0.6) is 0 Å². The SMILES string of the molecule is Cn1c(-c2ccccc2C(F)(F)F)nnc1C12CCC(CNC(=O)Cc3cccc(C(F)(F)F)c3)(CC1)CC2. The highest BCUT2D eigenvalue weighted by molar-refractivity contribution is 5.78. The minimum absolute atomic E-state index is 0.00732. The molecular weight excluding hydrogens is 522 g/mol. The van der Waals surface area contributed by atoms with E-state index in [1.807, 2.05) is 0 Å². The molecule has 6 rings (SSSR count). The molecule has 3 aromatic rings. The quantitative estimate of drug-likeness (QED) is 0.358. The van der Waals surface area contributed by atoms with Crippen molar-refractivity contribution in [3.8, 4) is 11.4 Å². The number of hydrogen-bond acceptors (Lipinski definition) is 3. The second kappa shape index (κ2) is 9.67. The summed E-state index contributed by atoms with van der Waals surface area (Å²) in [5.41, 5.74) is -1.65. The number of amides is 1. The van der Waals surface area contributed by atoms with Crippen molar-refractivity contribution >= 4 is 5.91 Å². The van der Waals surface area contributed by atoms with Gasteiger partial charge in [-0.15, -0.1) is 10.2 Å². The van der Waals surface area contributed by atoms with Gasteiger partial charge in [0.05, 0.1) is 17.5 Å². The molecule has 3 aliphatic rings. The van der Waals surface area contributed by atoms with Gasteiger partial charge in [-0.25, -0.2) is 0 Å². The van der Waals surface area contributed by atoms with Crippen molar-refractivity contribution in [2.24, 2.45) is 12.5 Å². The van der Waals surface area contributed by atoms with E-state index in [2.05, 4.69) is 15.5 Å². The van der Waals surface area contributed by atoms with Crippen LogP contribution in [-0.4, -0.2) is 27.2 Å². The Kier molecular flexibility index (Phi) is 6.75. The van der Waals surface area contributed by atoms with E-state index in [0.717, 1.165) is 56.7 Å². The lowest BCUT2D eigenvalue weighted by Crippen LogP contribution is -2.50. The minimum atomic E-state index is -4.51. The Morgan fingerprint density at radius 3 is 2.21 bits per heavy atom. The molecule has 1 amide bonds. The Morgan fingerprint density at radius 1 is 0.897 bits per heavy atom. The Hall–Kier alpha value is -3.37. The number of nitrogens with zero attached hydrogens (tertiary/aromatic N) is 3. The van der Waals surface area contributed by atoms with E-state index >= 15 is 0 Å². The number of hydrogen-bond donors (Lipinski definition) is 1. The van der Waals surface area contributed by atoms with Crippen LogP contribution in [0.4, 0.5) is 26.3 Å². The predicted molar refractivity (Wildman–Crippen MR) is 131 cm³/mol. The molecule has 3 fully saturated rings. The van der Waals surface area contributed by atoms with E-state index in [4.69, 9.17) is 0 Å². The van der Waals surface area contributed by atoms with Gasteiger partial charge in [0.15, 0.2) is 5.82 Å². The lowest BCUT2D eigenvalue weighted by molar-refractivity contribution is -0.138. The Bertz CT molecular complexity index is 1350. The lowest BCUT2D eigenvalue weighted by Gasteiger charge is -2.52. The van der Waals surface area contributed by atoms with E-state index in [9.17, 15) is 31.1 Å². The molecular formula is C28H28F6N4O. The number of fused-ring (bicyclic) bond motifs is 3. The number of rotatable bonds is 6. The lowest BCUT2D eigenvalue weighted by atomic mass is 9.53. The maximum Gasteiger partial charge on any atom is 0.417 e. The molecule has 2 bridgehead atoms. The number of aromatic nitrogens is 3. The summed E-state index contributed by atoms with van der Waals surface area (Å²) >= 11 is 0. The Morgan fingerprint density at radius 2 is 1.56 bits per heavy atom. The average Bonchev–Trinajstić information content (AvgIpc) is 3.30. The number of alkyl halides is 6. The van der Waals surface area contributed by atoms with Gasteiger partial charge in [-0.05, 0) is 61.6 Å². The average molecular weight is 551 g/mol. The third-order valence-electron chi connectivity index (χ3n) is 8.50. The fraction of sp³-hybridized carbons (Fsp3) is 0.464. The van der Waals surface area contributed by atoms with Gasteiger partial charge >= 0.3 is 12.4 Å². The van der Waals surface area contributed by atoms with E-state index in [1.54, 1.807) is 17.7 Å². The van der Waals surface area contributed by atoms with Crippen molar-refractivity contribution in [2.45, 2.75) is 62.7 Å². The molecule has 2 aromatic carbocycles. The predicted octanol–water partition coefficient (Wildman–Crippen LogP) is 6.47. The van der Waals surface area contributed by atoms with Crippen LogP contribution in [0.2, 0.25) is 0 Å². The second-order valence-corrected chi connectivity index (χ2v) is 10.9. The minimum Gasteiger partial charge on any atom is -0.355 e.